The Balaban J connectivity index is 0.00000312. The molecule has 0 aromatic heterocycles. The molecule has 2 N–H and O–H groups in total. The second-order valence-electron chi connectivity index (χ2n) is 7.42. The van der Waals surface area contributed by atoms with E-state index < -0.39 is 0 Å². The van der Waals surface area contributed by atoms with Gasteiger partial charge in [-0.05, 0) is 20.5 Å². The molecule has 8 heteroatoms. The number of nitrogens with one attached hydrogen (secondary N) is 2. The number of guanidine groups is 1. The molecule has 0 aliphatic carbocycles. The second-order valence-corrected chi connectivity index (χ2v) is 7.42. The van der Waals surface area contributed by atoms with Gasteiger partial charge in [-0.1, -0.05) is 13.8 Å². The molecule has 0 saturated carbocycles. The molecule has 2 aliphatic rings. The molecular weight excluding hydrogens is 431 g/mol. The molecule has 7 nitrogen and oxygen atoms in total. The maximum atomic E-state index is 12.1. The smallest absolute Gasteiger partial charge is 0.225 e. The molecule has 0 aromatic rings. The second kappa shape index (κ2) is 10.5. The topological polar surface area (TPSA) is 63.2 Å². The van der Waals surface area contributed by atoms with Crippen molar-refractivity contribution >= 4 is 35.8 Å². The molecule has 0 aromatic carbocycles. The van der Waals surface area contributed by atoms with Crippen molar-refractivity contribution in [2.45, 2.75) is 32.4 Å². The van der Waals surface area contributed by atoms with Crippen LogP contribution in [0.4, 0.5) is 0 Å². The fourth-order valence-electron chi connectivity index (χ4n) is 3.37. The zero-order chi connectivity index (χ0) is 17.7. The summed E-state index contributed by atoms with van der Waals surface area (Å²) in [5, 5.41) is 6.92. The van der Waals surface area contributed by atoms with Crippen molar-refractivity contribution in [1.29, 1.82) is 0 Å². The van der Waals surface area contributed by atoms with Crippen LogP contribution >= 0.6 is 24.0 Å². The molecule has 2 heterocycles. The lowest BCUT2D eigenvalue weighted by atomic mass is 10.2. The average molecular weight is 466 g/mol. The van der Waals surface area contributed by atoms with Crippen LogP contribution < -0.4 is 10.6 Å². The van der Waals surface area contributed by atoms with Gasteiger partial charge >= 0.3 is 0 Å². The maximum Gasteiger partial charge on any atom is 0.225 e. The van der Waals surface area contributed by atoms with Gasteiger partial charge in [0.05, 0.1) is 0 Å². The van der Waals surface area contributed by atoms with Gasteiger partial charge in [0, 0.05) is 64.3 Å². The lowest BCUT2D eigenvalue weighted by Crippen LogP contribution is -2.56. The first-order chi connectivity index (χ1) is 11.4. The number of hydrogen-bond donors (Lipinski definition) is 2. The molecule has 0 radical (unpaired) electrons. The number of hydrogen-bond acceptors (Lipinski definition) is 4. The minimum absolute atomic E-state index is 0. The normalized spacial score (nSPS) is 25.8. The van der Waals surface area contributed by atoms with Crippen LogP contribution in [0.2, 0.25) is 0 Å². The summed E-state index contributed by atoms with van der Waals surface area (Å²) in [6.45, 7) is 9.70. The van der Waals surface area contributed by atoms with Gasteiger partial charge in [-0.3, -0.25) is 14.7 Å². The van der Waals surface area contributed by atoms with E-state index in [0.717, 1.165) is 51.6 Å². The molecular formula is C17H35IN6O. The zero-order valence-electron chi connectivity index (χ0n) is 16.3. The van der Waals surface area contributed by atoms with Crippen molar-refractivity contribution in [2.24, 2.45) is 10.9 Å². The number of halogens is 1. The van der Waals surface area contributed by atoms with E-state index in [9.17, 15) is 4.79 Å². The Hall–Kier alpha value is -0.610. The molecule has 146 valence electrons. The van der Waals surface area contributed by atoms with Gasteiger partial charge < -0.3 is 20.4 Å². The third-order valence-corrected chi connectivity index (χ3v) is 5.04. The lowest BCUT2D eigenvalue weighted by Gasteiger charge is -2.38. The quantitative estimate of drug-likeness (QED) is 0.354. The van der Waals surface area contributed by atoms with Crippen molar-refractivity contribution in [3.63, 3.8) is 0 Å². The SMILES string of the molecule is CN=C(NCC1CN(C)CCN1C)NC1CCN(C(=O)C(C)C)C1.I. The Bertz CT molecular complexity index is 458. The number of amides is 1. The summed E-state index contributed by atoms with van der Waals surface area (Å²) >= 11 is 0. The number of likely N-dealkylation sites (tertiary alicyclic amines) is 1. The number of carbonyl (C=O) groups excluding carboxylic acids is 1. The predicted molar refractivity (Wildman–Crippen MR) is 114 cm³/mol. The Morgan fingerprint density at radius 2 is 1.92 bits per heavy atom. The molecule has 2 aliphatic heterocycles. The third-order valence-electron chi connectivity index (χ3n) is 5.04. The highest BCUT2D eigenvalue weighted by Crippen LogP contribution is 2.12. The first-order valence-electron chi connectivity index (χ1n) is 9.05. The number of nitrogens with zero attached hydrogens (tertiary/aromatic N) is 4. The van der Waals surface area contributed by atoms with E-state index in [1.165, 1.54) is 0 Å². The predicted octanol–water partition coefficient (Wildman–Crippen LogP) is 0.272. The van der Waals surface area contributed by atoms with E-state index in [-0.39, 0.29) is 41.8 Å². The highest BCUT2D eigenvalue weighted by Gasteiger charge is 2.28. The van der Waals surface area contributed by atoms with Gasteiger partial charge in [-0.2, -0.15) is 0 Å². The minimum Gasteiger partial charge on any atom is -0.355 e. The summed E-state index contributed by atoms with van der Waals surface area (Å²) in [6, 6.07) is 0.774. The largest absolute Gasteiger partial charge is 0.355 e. The summed E-state index contributed by atoms with van der Waals surface area (Å²) in [5.74, 6) is 1.15. The van der Waals surface area contributed by atoms with Crippen LogP contribution in [0.3, 0.4) is 0 Å². The fourth-order valence-corrected chi connectivity index (χ4v) is 3.37. The van der Waals surface area contributed by atoms with Crippen LogP contribution in [0.25, 0.3) is 0 Å². The first kappa shape index (κ1) is 22.4. The van der Waals surface area contributed by atoms with Crippen molar-refractivity contribution in [2.75, 3.05) is 60.4 Å². The molecule has 1 amide bonds. The van der Waals surface area contributed by atoms with Crippen molar-refractivity contribution in [3.8, 4) is 0 Å². The zero-order valence-corrected chi connectivity index (χ0v) is 18.6. The lowest BCUT2D eigenvalue weighted by molar-refractivity contribution is -0.133. The summed E-state index contributed by atoms with van der Waals surface area (Å²) in [7, 11) is 6.16. The summed E-state index contributed by atoms with van der Waals surface area (Å²) < 4.78 is 0. The number of carbonyl (C=O) groups is 1. The molecule has 0 spiro atoms. The molecule has 2 saturated heterocycles. The Labute approximate surface area is 169 Å². The van der Waals surface area contributed by atoms with Crippen LogP contribution in [0.5, 0.6) is 0 Å². The Morgan fingerprint density at radius 3 is 2.56 bits per heavy atom. The summed E-state index contributed by atoms with van der Waals surface area (Å²) in [4.78, 5) is 23.2. The standard InChI is InChI=1S/C17H34N6O.HI/c1-13(2)16(24)23-7-6-14(11-23)20-17(18-3)19-10-15-12-21(4)8-9-22(15)5;/h13-15H,6-12H2,1-5H3,(H2,18,19,20);1H. The van der Waals surface area contributed by atoms with E-state index in [1.54, 1.807) is 7.05 Å². The van der Waals surface area contributed by atoms with Gasteiger partial charge in [-0.15, -0.1) is 24.0 Å². The maximum absolute atomic E-state index is 12.1. The van der Waals surface area contributed by atoms with E-state index in [2.05, 4.69) is 39.5 Å². The summed E-state index contributed by atoms with van der Waals surface area (Å²) in [6.07, 6.45) is 0.977. The summed E-state index contributed by atoms with van der Waals surface area (Å²) in [5.41, 5.74) is 0. The van der Waals surface area contributed by atoms with Crippen molar-refractivity contribution in [1.82, 2.24) is 25.3 Å². The van der Waals surface area contributed by atoms with Gasteiger partial charge in [0.2, 0.25) is 5.91 Å². The molecule has 2 fully saturated rings. The van der Waals surface area contributed by atoms with E-state index in [0.29, 0.717) is 6.04 Å². The molecule has 2 atom stereocenters. The number of likely N-dealkylation sites (N-methyl/N-ethyl adjacent to an activating group) is 2. The van der Waals surface area contributed by atoms with Gasteiger partial charge in [-0.25, -0.2) is 0 Å². The van der Waals surface area contributed by atoms with Crippen LogP contribution in [0.1, 0.15) is 20.3 Å². The fraction of sp³-hybridized carbons (Fsp3) is 0.882. The monoisotopic (exact) mass is 466 g/mol. The van der Waals surface area contributed by atoms with Crippen LogP contribution in [-0.2, 0) is 4.79 Å². The minimum atomic E-state index is 0. The van der Waals surface area contributed by atoms with E-state index >= 15 is 0 Å². The van der Waals surface area contributed by atoms with Crippen molar-refractivity contribution in [3.05, 3.63) is 0 Å². The van der Waals surface area contributed by atoms with Crippen LogP contribution in [-0.4, -0.2) is 99.1 Å². The average Bonchev–Trinajstić information content (AvgIpc) is 3.01. The van der Waals surface area contributed by atoms with Crippen LogP contribution in [0.15, 0.2) is 4.99 Å². The van der Waals surface area contributed by atoms with Gasteiger partial charge in [0.1, 0.15) is 0 Å². The number of piperazine rings is 1. The van der Waals surface area contributed by atoms with E-state index in [4.69, 9.17) is 0 Å². The highest BCUT2D eigenvalue weighted by molar-refractivity contribution is 14.0. The molecule has 0 bridgehead atoms. The van der Waals surface area contributed by atoms with Gasteiger partial charge in [0.15, 0.2) is 5.96 Å². The Morgan fingerprint density at radius 1 is 1.20 bits per heavy atom. The third kappa shape index (κ3) is 6.56. The molecule has 2 rings (SSSR count). The molecule has 25 heavy (non-hydrogen) atoms. The van der Waals surface area contributed by atoms with Crippen LogP contribution in [0, 0.1) is 5.92 Å². The van der Waals surface area contributed by atoms with Crippen molar-refractivity contribution < 1.29 is 4.79 Å². The Kier molecular flexibility index (Phi) is 9.44. The number of rotatable bonds is 4. The number of aliphatic imine (C=N–C) groups is 1. The first-order valence-corrected chi connectivity index (χ1v) is 9.05. The van der Waals surface area contributed by atoms with Gasteiger partial charge in [0.25, 0.3) is 0 Å². The molecule has 2 unspecified atom stereocenters. The van der Waals surface area contributed by atoms with E-state index in [1.807, 2.05) is 18.7 Å². The highest BCUT2D eigenvalue weighted by atomic mass is 127.